The normalized spacial score (nSPS) is 10.0. The van der Waals surface area contributed by atoms with Crippen LogP contribution in [-0.4, -0.2) is 44.1 Å². The fourth-order valence-corrected chi connectivity index (χ4v) is 0.955. The second-order valence-corrected chi connectivity index (χ2v) is 3.49. The minimum absolute atomic E-state index is 0.163. The van der Waals surface area contributed by atoms with E-state index in [0.717, 1.165) is 11.9 Å². The van der Waals surface area contributed by atoms with E-state index >= 15 is 0 Å². The van der Waals surface area contributed by atoms with Crippen LogP contribution < -0.4 is 0 Å². The first kappa shape index (κ1) is 13.7. The standard InChI is InChI=1S/C9H15N3O2S/c1-5-14-9(13)6-12(4)7-11-8(2)15-10-3/h7H,2-3,5-6H2,1,4H3. The molecule has 0 unspecified atom stereocenters. The molecule has 84 valence electrons. The maximum atomic E-state index is 11.0. The Bertz CT molecular complexity index is 266. The largest absolute Gasteiger partial charge is 0.465 e. The molecule has 0 aromatic heterocycles. The first-order valence-electron chi connectivity index (χ1n) is 4.32. The molecule has 0 saturated heterocycles. The number of hydrogen-bond donors (Lipinski definition) is 0. The molecule has 0 aliphatic heterocycles. The van der Waals surface area contributed by atoms with Gasteiger partial charge in [0.25, 0.3) is 0 Å². The molecule has 0 fully saturated rings. The summed E-state index contributed by atoms with van der Waals surface area (Å²) in [7, 11) is 1.72. The van der Waals surface area contributed by atoms with Gasteiger partial charge in [0.15, 0.2) is 0 Å². The van der Waals surface area contributed by atoms with Crippen LogP contribution in [0.3, 0.4) is 0 Å². The number of aliphatic imine (C=N–C) groups is 1. The lowest BCUT2D eigenvalue weighted by molar-refractivity contribution is -0.143. The number of ether oxygens (including phenoxy) is 1. The summed E-state index contributed by atoms with van der Waals surface area (Å²) in [6.07, 6.45) is 1.50. The molecule has 0 aromatic rings. The van der Waals surface area contributed by atoms with Gasteiger partial charge < -0.3 is 9.64 Å². The fraction of sp³-hybridized carbons (Fsp3) is 0.444. The first-order valence-corrected chi connectivity index (χ1v) is 5.09. The number of esters is 1. The van der Waals surface area contributed by atoms with Crippen LogP contribution in [0.5, 0.6) is 0 Å². The van der Waals surface area contributed by atoms with Gasteiger partial charge in [0.05, 0.1) is 12.9 Å². The molecule has 0 N–H and O–H groups in total. The van der Waals surface area contributed by atoms with Crippen molar-refractivity contribution in [3.05, 3.63) is 11.6 Å². The van der Waals surface area contributed by atoms with E-state index in [-0.39, 0.29) is 12.5 Å². The van der Waals surface area contributed by atoms with Crippen molar-refractivity contribution in [1.29, 1.82) is 0 Å². The molecule has 0 aromatic carbocycles. The highest BCUT2D eigenvalue weighted by molar-refractivity contribution is 8.01. The minimum Gasteiger partial charge on any atom is -0.465 e. The first-order chi connectivity index (χ1) is 7.10. The van der Waals surface area contributed by atoms with E-state index in [1.54, 1.807) is 18.9 Å². The van der Waals surface area contributed by atoms with Gasteiger partial charge in [0, 0.05) is 19.0 Å². The van der Waals surface area contributed by atoms with E-state index in [1.807, 2.05) is 0 Å². The predicted octanol–water partition coefficient (Wildman–Crippen LogP) is 1.33. The highest BCUT2D eigenvalue weighted by Gasteiger charge is 2.03. The number of hydrogen-bond acceptors (Lipinski definition) is 5. The molecule has 0 saturated carbocycles. The van der Waals surface area contributed by atoms with Crippen LogP contribution >= 0.6 is 11.9 Å². The van der Waals surface area contributed by atoms with E-state index in [1.165, 1.54) is 6.34 Å². The number of likely N-dealkylation sites (N-methyl/N-ethyl adjacent to an activating group) is 1. The van der Waals surface area contributed by atoms with Crippen LogP contribution in [0.15, 0.2) is 21.0 Å². The van der Waals surface area contributed by atoms with E-state index in [9.17, 15) is 4.79 Å². The minimum atomic E-state index is -0.286. The van der Waals surface area contributed by atoms with Gasteiger partial charge in [-0.05, 0) is 13.6 Å². The Hall–Kier alpha value is -1.30. The van der Waals surface area contributed by atoms with Crippen molar-refractivity contribution in [3.63, 3.8) is 0 Å². The predicted molar refractivity (Wildman–Crippen MR) is 64.0 cm³/mol. The summed E-state index contributed by atoms with van der Waals surface area (Å²) in [5, 5.41) is 0.515. The van der Waals surface area contributed by atoms with Crippen LogP contribution in [0.2, 0.25) is 0 Å². The average molecular weight is 229 g/mol. The summed E-state index contributed by atoms with van der Waals surface area (Å²) in [4.78, 5) is 16.6. The zero-order valence-corrected chi connectivity index (χ0v) is 9.79. The maximum Gasteiger partial charge on any atom is 0.325 e. The Morgan fingerprint density at radius 1 is 1.67 bits per heavy atom. The number of carbonyl (C=O) groups excluding carboxylic acids is 1. The number of rotatable bonds is 7. The van der Waals surface area contributed by atoms with Gasteiger partial charge in [-0.1, -0.05) is 6.58 Å². The van der Waals surface area contributed by atoms with Gasteiger partial charge in [-0.2, -0.15) is 0 Å². The van der Waals surface area contributed by atoms with Gasteiger partial charge in [0.1, 0.15) is 11.6 Å². The molecule has 0 spiro atoms. The topological polar surface area (TPSA) is 54.3 Å². The van der Waals surface area contributed by atoms with E-state index in [4.69, 9.17) is 4.74 Å². The highest BCUT2D eigenvalue weighted by atomic mass is 32.2. The van der Waals surface area contributed by atoms with Gasteiger partial charge in [0.2, 0.25) is 0 Å². The lowest BCUT2D eigenvalue weighted by Crippen LogP contribution is -2.26. The summed E-state index contributed by atoms with van der Waals surface area (Å²) >= 11 is 1.08. The zero-order chi connectivity index (χ0) is 11.7. The highest BCUT2D eigenvalue weighted by Crippen LogP contribution is 2.13. The SMILES string of the molecule is C=NSC(=C)N=CN(C)CC(=O)OCC. The molecule has 15 heavy (non-hydrogen) atoms. The van der Waals surface area contributed by atoms with Crippen molar-refractivity contribution in [2.45, 2.75) is 6.92 Å². The summed E-state index contributed by atoms with van der Waals surface area (Å²) in [5.41, 5.74) is 0. The van der Waals surface area contributed by atoms with Crippen LogP contribution in [0.25, 0.3) is 0 Å². The lowest BCUT2D eigenvalue weighted by Gasteiger charge is -2.11. The van der Waals surface area contributed by atoms with Crippen molar-refractivity contribution in [2.24, 2.45) is 9.39 Å². The summed E-state index contributed by atoms with van der Waals surface area (Å²) in [5.74, 6) is -0.286. The second-order valence-electron chi connectivity index (χ2n) is 2.58. The third-order valence-electron chi connectivity index (χ3n) is 1.25. The zero-order valence-electron chi connectivity index (χ0n) is 8.97. The lowest BCUT2D eigenvalue weighted by atomic mass is 10.6. The van der Waals surface area contributed by atoms with Gasteiger partial charge >= 0.3 is 5.97 Å². The average Bonchev–Trinajstić information content (AvgIpc) is 2.15. The molecule has 0 aliphatic rings. The molecule has 0 atom stereocenters. The van der Waals surface area contributed by atoms with Crippen LogP contribution in [0.4, 0.5) is 0 Å². The quantitative estimate of drug-likeness (QED) is 0.286. The van der Waals surface area contributed by atoms with E-state index < -0.39 is 0 Å². The third-order valence-corrected chi connectivity index (χ3v) is 1.70. The van der Waals surface area contributed by atoms with Crippen LogP contribution in [0.1, 0.15) is 6.92 Å². The molecule has 0 bridgehead atoms. The molecule has 0 heterocycles. The van der Waals surface area contributed by atoms with Crippen molar-refractivity contribution >= 4 is 31.0 Å². The fourth-order valence-electron chi connectivity index (χ4n) is 0.712. The maximum absolute atomic E-state index is 11.0. The van der Waals surface area contributed by atoms with Gasteiger partial charge in [-0.25, -0.2) is 9.39 Å². The monoisotopic (exact) mass is 229 g/mol. The van der Waals surface area contributed by atoms with Gasteiger partial charge in [-0.3, -0.25) is 4.79 Å². The smallest absolute Gasteiger partial charge is 0.325 e. The van der Waals surface area contributed by atoms with Crippen molar-refractivity contribution in [1.82, 2.24) is 4.90 Å². The Morgan fingerprint density at radius 3 is 2.87 bits per heavy atom. The van der Waals surface area contributed by atoms with Crippen LogP contribution in [-0.2, 0) is 9.53 Å². The second kappa shape index (κ2) is 8.05. The van der Waals surface area contributed by atoms with E-state index in [0.29, 0.717) is 11.6 Å². The molecule has 0 radical (unpaired) electrons. The van der Waals surface area contributed by atoms with Crippen LogP contribution in [0, 0.1) is 0 Å². The molecule has 0 aliphatic carbocycles. The van der Waals surface area contributed by atoms with Gasteiger partial charge in [-0.15, -0.1) is 0 Å². The third kappa shape index (κ3) is 7.75. The molecule has 0 amide bonds. The molecule has 0 rings (SSSR count). The Labute approximate surface area is 94.1 Å². The Balaban J connectivity index is 3.91. The van der Waals surface area contributed by atoms with E-state index in [2.05, 4.69) is 22.7 Å². The molecule has 6 heteroatoms. The summed E-state index contributed by atoms with van der Waals surface area (Å²) < 4.78 is 8.32. The summed E-state index contributed by atoms with van der Waals surface area (Å²) in [6.45, 7) is 9.22. The Kier molecular flexibility index (Phi) is 7.35. The Morgan fingerprint density at radius 2 is 2.33 bits per heavy atom. The number of nitrogens with zero attached hydrogens (tertiary/aromatic N) is 3. The van der Waals surface area contributed by atoms with Crippen molar-refractivity contribution < 1.29 is 9.53 Å². The number of carbonyl (C=O) groups is 1. The summed E-state index contributed by atoms with van der Waals surface area (Å²) in [6, 6.07) is 0. The molecular weight excluding hydrogens is 214 g/mol. The van der Waals surface area contributed by atoms with Crippen molar-refractivity contribution in [2.75, 3.05) is 20.2 Å². The molecular formula is C9H15N3O2S. The molecule has 5 nitrogen and oxygen atoms in total. The van der Waals surface area contributed by atoms with Crippen molar-refractivity contribution in [3.8, 4) is 0 Å².